The monoisotopic (exact) mass is 369 g/mol. The minimum atomic E-state index is -4.65. The van der Waals surface area contributed by atoms with E-state index in [0.29, 0.717) is 17.7 Å². The average Bonchev–Trinajstić information content (AvgIpc) is 2.55. The van der Waals surface area contributed by atoms with E-state index in [0.717, 1.165) is 6.07 Å². The average molecular weight is 369 g/mol. The van der Waals surface area contributed by atoms with Gasteiger partial charge in [0.15, 0.2) is 5.69 Å². The van der Waals surface area contributed by atoms with Crippen molar-refractivity contribution in [1.82, 2.24) is 9.97 Å². The van der Waals surface area contributed by atoms with Crippen molar-refractivity contribution in [3.63, 3.8) is 0 Å². The predicted octanol–water partition coefficient (Wildman–Crippen LogP) is 4.67. The standard InChI is InChI=1S/C16H18F3N5O2/c1-4-9(2)20-15-22-13(16(17,18)19)8-14(23-15)21-11-6-5-7-12(10(11)3)24(25)26/h5-9H,4H2,1-3H3,(H2,20,21,22,23)/t9-/m0/s1. The van der Waals surface area contributed by atoms with Crippen LogP contribution in [-0.2, 0) is 6.18 Å². The molecule has 140 valence electrons. The largest absolute Gasteiger partial charge is 0.433 e. The molecule has 26 heavy (non-hydrogen) atoms. The molecule has 7 nitrogen and oxygen atoms in total. The van der Waals surface area contributed by atoms with Crippen LogP contribution < -0.4 is 10.6 Å². The van der Waals surface area contributed by atoms with Crippen LogP contribution in [0, 0.1) is 17.0 Å². The summed E-state index contributed by atoms with van der Waals surface area (Å²) < 4.78 is 39.4. The second kappa shape index (κ2) is 7.54. The van der Waals surface area contributed by atoms with Crippen LogP contribution in [0.2, 0.25) is 0 Å². The highest BCUT2D eigenvalue weighted by Gasteiger charge is 2.34. The molecule has 0 radical (unpaired) electrons. The molecule has 1 heterocycles. The fraction of sp³-hybridized carbons (Fsp3) is 0.375. The van der Waals surface area contributed by atoms with Gasteiger partial charge in [-0.25, -0.2) is 4.98 Å². The number of nitro groups is 1. The second-order valence-electron chi connectivity index (χ2n) is 5.75. The smallest absolute Gasteiger partial charge is 0.352 e. The first-order valence-corrected chi connectivity index (χ1v) is 7.85. The van der Waals surface area contributed by atoms with Gasteiger partial charge in [-0.3, -0.25) is 10.1 Å². The Morgan fingerprint density at radius 1 is 1.31 bits per heavy atom. The molecule has 0 spiro atoms. The second-order valence-corrected chi connectivity index (χ2v) is 5.75. The summed E-state index contributed by atoms with van der Waals surface area (Å²) in [5.41, 5.74) is -0.663. The Balaban J connectivity index is 2.44. The Labute approximate surface area is 147 Å². The molecule has 0 fully saturated rings. The topological polar surface area (TPSA) is 93.0 Å². The molecule has 1 aromatic carbocycles. The third-order valence-electron chi connectivity index (χ3n) is 3.77. The van der Waals surface area contributed by atoms with Gasteiger partial charge in [0.2, 0.25) is 5.95 Å². The molecular formula is C16H18F3N5O2. The van der Waals surface area contributed by atoms with Gasteiger partial charge in [0.25, 0.3) is 5.69 Å². The first-order chi connectivity index (χ1) is 12.1. The summed E-state index contributed by atoms with van der Waals surface area (Å²) >= 11 is 0. The quantitative estimate of drug-likeness (QED) is 0.568. The van der Waals surface area contributed by atoms with E-state index >= 15 is 0 Å². The van der Waals surface area contributed by atoms with Crippen molar-refractivity contribution in [3.8, 4) is 0 Å². The molecule has 2 aromatic rings. The number of benzene rings is 1. The zero-order chi connectivity index (χ0) is 19.5. The van der Waals surface area contributed by atoms with Crippen molar-refractivity contribution in [2.75, 3.05) is 10.6 Å². The molecule has 0 saturated heterocycles. The Kier molecular flexibility index (Phi) is 5.63. The third kappa shape index (κ3) is 4.58. The molecule has 0 aliphatic heterocycles. The maximum Gasteiger partial charge on any atom is 0.433 e. The van der Waals surface area contributed by atoms with Gasteiger partial charge >= 0.3 is 6.18 Å². The van der Waals surface area contributed by atoms with E-state index in [1.807, 2.05) is 6.92 Å². The van der Waals surface area contributed by atoms with Gasteiger partial charge in [-0.1, -0.05) is 13.0 Å². The lowest BCUT2D eigenvalue weighted by Gasteiger charge is -2.16. The summed E-state index contributed by atoms with van der Waals surface area (Å²) in [6, 6.07) is 4.93. The van der Waals surface area contributed by atoms with Gasteiger partial charge in [-0.05, 0) is 26.3 Å². The van der Waals surface area contributed by atoms with E-state index in [2.05, 4.69) is 20.6 Å². The van der Waals surface area contributed by atoms with Crippen LogP contribution in [-0.4, -0.2) is 20.9 Å². The molecule has 0 amide bonds. The zero-order valence-electron chi connectivity index (χ0n) is 14.4. The first kappa shape index (κ1) is 19.4. The van der Waals surface area contributed by atoms with Gasteiger partial charge in [-0.15, -0.1) is 0 Å². The van der Waals surface area contributed by atoms with Crippen molar-refractivity contribution in [2.45, 2.75) is 39.4 Å². The molecule has 1 atom stereocenters. The molecule has 2 rings (SSSR count). The summed E-state index contributed by atoms with van der Waals surface area (Å²) in [5.74, 6) is -0.276. The molecule has 0 saturated carbocycles. The number of nitro benzene ring substituents is 1. The highest BCUT2D eigenvalue weighted by atomic mass is 19.4. The third-order valence-corrected chi connectivity index (χ3v) is 3.77. The maximum atomic E-state index is 13.1. The number of anilines is 3. The highest BCUT2D eigenvalue weighted by molar-refractivity contribution is 5.66. The van der Waals surface area contributed by atoms with E-state index in [1.165, 1.54) is 25.1 Å². The fourth-order valence-electron chi connectivity index (χ4n) is 2.14. The summed E-state index contributed by atoms with van der Waals surface area (Å²) in [7, 11) is 0. The summed E-state index contributed by atoms with van der Waals surface area (Å²) in [4.78, 5) is 18.0. The number of halogens is 3. The Morgan fingerprint density at radius 3 is 2.58 bits per heavy atom. The molecule has 0 aliphatic carbocycles. The number of nitrogens with zero attached hydrogens (tertiary/aromatic N) is 3. The summed E-state index contributed by atoms with van der Waals surface area (Å²) in [5, 5.41) is 16.5. The van der Waals surface area contributed by atoms with Crippen molar-refractivity contribution < 1.29 is 18.1 Å². The number of hydrogen-bond donors (Lipinski definition) is 2. The van der Waals surface area contributed by atoms with Crippen LogP contribution >= 0.6 is 0 Å². The lowest BCUT2D eigenvalue weighted by molar-refractivity contribution is -0.385. The van der Waals surface area contributed by atoms with E-state index in [1.54, 1.807) is 6.92 Å². The van der Waals surface area contributed by atoms with E-state index < -0.39 is 16.8 Å². The van der Waals surface area contributed by atoms with E-state index in [4.69, 9.17) is 0 Å². The van der Waals surface area contributed by atoms with Crippen LogP contribution in [0.5, 0.6) is 0 Å². The Bertz CT molecular complexity index is 811. The minimum Gasteiger partial charge on any atom is -0.352 e. The highest BCUT2D eigenvalue weighted by Crippen LogP contribution is 2.32. The summed E-state index contributed by atoms with van der Waals surface area (Å²) in [6.45, 7) is 5.17. The normalized spacial score (nSPS) is 12.5. The molecule has 10 heteroatoms. The first-order valence-electron chi connectivity index (χ1n) is 7.85. The van der Waals surface area contributed by atoms with Crippen molar-refractivity contribution in [3.05, 3.63) is 45.6 Å². The van der Waals surface area contributed by atoms with Crippen LogP contribution in [0.3, 0.4) is 0 Å². The van der Waals surface area contributed by atoms with Crippen LogP contribution in [0.15, 0.2) is 24.3 Å². The van der Waals surface area contributed by atoms with Crippen LogP contribution in [0.25, 0.3) is 0 Å². The number of nitrogens with one attached hydrogen (secondary N) is 2. The number of alkyl halides is 3. The van der Waals surface area contributed by atoms with Crippen molar-refractivity contribution in [2.24, 2.45) is 0 Å². The molecule has 0 unspecified atom stereocenters. The maximum absolute atomic E-state index is 13.1. The van der Waals surface area contributed by atoms with Gasteiger partial charge in [-0.2, -0.15) is 18.2 Å². The van der Waals surface area contributed by atoms with E-state index in [9.17, 15) is 23.3 Å². The lowest BCUT2D eigenvalue weighted by atomic mass is 10.1. The molecule has 1 aromatic heterocycles. The molecule has 0 aliphatic rings. The van der Waals surface area contributed by atoms with Crippen LogP contribution in [0.4, 0.5) is 36.3 Å². The van der Waals surface area contributed by atoms with Crippen LogP contribution in [0.1, 0.15) is 31.5 Å². The number of aromatic nitrogens is 2. The number of rotatable bonds is 6. The molecule has 0 bridgehead atoms. The zero-order valence-corrected chi connectivity index (χ0v) is 14.4. The predicted molar refractivity (Wildman–Crippen MR) is 91.5 cm³/mol. The van der Waals surface area contributed by atoms with E-state index in [-0.39, 0.29) is 23.5 Å². The lowest BCUT2D eigenvalue weighted by Crippen LogP contribution is -2.18. The van der Waals surface area contributed by atoms with Gasteiger partial charge in [0.1, 0.15) is 5.82 Å². The Morgan fingerprint density at radius 2 is 2.00 bits per heavy atom. The van der Waals surface area contributed by atoms with Crippen molar-refractivity contribution in [1.29, 1.82) is 0 Å². The Hall–Kier alpha value is -2.91. The fourth-order valence-corrected chi connectivity index (χ4v) is 2.14. The van der Waals surface area contributed by atoms with Gasteiger partial charge in [0, 0.05) is 23.9 Å². The number of hydrogen-bond acceptors (Lipinski definition) is 6. The van der Waals surface area contributed by atoms with Gasteiger partial charge < -0.3 is 10.6 Å². The summed E-state index contributed by atoms with van der Waals surface area (Å²) in [6.07, 6.45) is -3.98. The minimum absolute atomic E-state index is 0.110. The van der Waals surface area contributed by atoms with Gasteiger partial charge in [0.05, 0.1) is 10.5 Å². The molecule has 2 N–H and O–H groups in total. The molecular weight excluding hydrogens is 351 g/mol. The SMILES string of the molecule is CC[C@H](C)Nc1nc(Nc2cccc([N+](=O)[O-])c2C)cc(C(F)(F)F)n1. The van der Waals surface area contributed by atoms with Crippen molar-refractivity contribution >= 4 is 23.1 Å².